The van der Waals surface area contributed by atoms with E-state index in [2.05, 4.69) is 24.5 Å². The van der Waals surface area contributed by atoms with Gasteiger partial charge in [0.05, 0.1) is 5.41 Å². The van der Waals surface area contributed by atoms with Gasteiger partial charge in [0.1, 0.15) is 0 Å². The van der Waals surface area contributed by atoms with E-state index in [4.69, 9.17) is 0 Å². The Morgan fingerprint density at radius 3 is 2.71 bits per heavy atom. The van der Waals surface area contributed by atoms with Crippen LogP contribution in [0.1, 0.15) is 52.4 Å². The summed E-state index contributed by atoms with van der Waals surface area (Å²) in [7, 11) is 0. The molecule has 3 heteroatoms. The normalized spacial score (nSPS) is 48.0. The van der Waals surface area contributed by atoms with Crippen LogP contribution in [0.4, 0.5) is 0 Å². The molecule has 2 bridgehead atoms. The Bertz CT molecular complexity index is 427. The quantitative estimate of drug-likeness (QED) is 0.839. The molecule has 3 nitrogen and oxygen atoms in total. The zero-order valence-corrected chi connectivity index (χ0v) is 13.5. The van der Waals surface area contributed by atoms with Crippen LogP contribution in [-0.2, 0) is 4.79 Å². The van der Waals surface area contributed by atoms with E-state index in [0.29, 0.717) is 17.9 Å². The van der Waals surface area contributed by atoms with Crippen molar-refractivity contribution in [2.75, 3.05) is 13.1 Å². The summed E-state index contributed by atoms with van der Waals surface area (Å²) >= 11 is 0. The number of carbonyl (C=O) groups is 1. The van der Waals surface area contributed by atoms with Crippen LogP contribution in [-0.4, -0.2) is 25.0 Å². The second-order valence-electron chi connectivity index (χ2n) is 8.47. The largest absolute Gasteiger partial charge is 0.353 e. The van der Waals surface area contributed by atoms with Crippen molar-refractivity contribution in [1.29, 1.82) is 0 Å². The van der Waals surface area contributed by atoms with Gasteiger partial charge in [0.2, 0.25) is 5.91 Å². The third kappa shape index (κ3) is 1.99. The highest BCUT2D eigenvalue weighted by Crippen LogP contribution is 2.58. The first-order valence-corrected chi connectivity index (χ1v) is 9.13. The highest BCUT2D eigenvalue weighted by atomic mass is 16.2. The standard InChI is InChI=1S/C18H30N2O/c1-11(2)18(6-7-19-10-18)17(21)20-16-9-12-8-15(16)14-5-3-4-13(12)14/h11-16,19H,3-10H2,1-2H3,(H,20,21). The van der Waals surface area contributed by atoms with E-state index in [1.165, 1.54) is 32.1 Å². The molecule has 1 aliphatic heterocycles. The Labute approximate surface area is 128 Å². The first-order valence-electron chi connectivity index (χ1n) is 9.13. The lowest BCUT2D eigenvalue weighted by atomic mass is 9.74. The Morgan fingerprint density at radius 1 is 1.19 bits per heavy atom. The second-order valence-corrected chi connectivity index (χ2v) is 8.47. The van der Waals surface area contributed by atoms with Crippen LogP contribution in [0.15, 0.2) is 0 Å². The molecule has 1 saturated heterocycles. The number of hydrogen-bond acceptors (Lipinski definition) is 2. The van der Waals surface area contributed by atoms with Crippen molar-refractivity contribution < 1.29 is 4.79 Å². The SMILES string of the molecule is CC(C)C1(C(=O)NC2CC3CC2C2CCCC32)CCNC1. The van der Waals surface area contributed by atoms with Crippen molar-refractivity contribution in [1.82, 2.24) is 10.6 Å². The van der Waals surface area contributed by atoms with Crippen molar-refractivity contribution in [3.05, 3.63) is 0 Å². The predicted molar refractivity (Wildman–Crippen MR) is 83.7 cm³/mol. The van der Waals surface area contributed by atoms with Crippen molar-refractivity contribution in [3.8, 4) is 0 Å². The van der Waals surface area contributed by atoms with E-state index < -0.39 is 0 Å². The minimum atomic E-state index is -0.156. The number of amides is 1. The molecule has 21 heavy (non-hydrogen) atoms. The number of hydrogen-bond donors (Lipinski definition) is 2. The Balaban J connectivity index is 1.46. The zero-order valence-electron chi connectivity index (χ0n) is 13.5. The summed E-state index contributed by atoms with van der Waals surface area (Å²) in [5.41, 5.74) is -0.156. The van der Waals surface area contributed by atoms with E-state index in [9.17, 15) is 4.79 Å². The van der Waals surface area contributed by atoms with Crippen LogP contribution in [0.2, 0.25) is 0 Å². The molecule has 118 valence electrons. The molecule has 1 amide bonds. The molecule has 3 saturated carbocycles. The van der Waals surface area contributed by atoms with Crippen LogP contribution >= 0.6 is 0 Å². The summed E-state index contributed by atoms with van der Waals surface area (Å²) in [6.07, 6.45) is 7.99. The highest BCUT2D eigenvalue weighted by molar-refractivity contribution is 5.84. The summed E-state index contributed by atoms with van der Waals surface area (Å²) in [6, 6.07) is 0.484. The molecule has 6 unspecified atom stereocenters. The lowest BCUT2D eigenvalue weighted by molar-refractivity contribution is -0.133. The predicted octanol–water partition coefficient (Wildman–Crippen LogP) is 2.56. The smallest absolute Gasteiger partial charge is 0.228 e. The van der Waals surface area contributed by atoms with E-state index >= 15 is 0 Å². The fourth-order valence-corrected chi connectivity index (χ4v) is 6.21. The van der Waals surface area contributed by atoms with Crippen LogP contribution < -0.4 is 10.6 Å². The molecule has 0 aromatic carbocycles. The molecule has 0 aromatic heterocycles. The second kappa shape index (κ2) is 4.97. The maximum absolute atomic E-state index is 13.0. The first kappa shape index (κ1) is 14.0. The van der Waals surface area contributed by atoms with E-state index in [0.717, 1.165) is 43.2 Å². The van der Waals surface area contributed by atoms with Gasteiger partial charge in [-0.2, -0.15) is 0 Å². The molecular formula is C18H30N2O. The van der Waals surface area contributed by atoms with Gasteiger partial charge in [0.25, 0.3) is 0 Å². The fraction of sp³-hybridized carbons (Fsp3) is 0.944. The molecule has 3 aliphatic carbocycles. The molecule has 0 aromatic rings. The van der Waals surface area contributed by atoms with Gasteiger partial charge in [0, 0.05) is 12.6 Å². The number of rotatable bonds is 3. The third-order valence-corrected chi connectivity index (χ3v) is 7.49. The maximum Gasteiger partial charge on any atom is 0.228 e. The van der Waals surface area contributed by atoms with Crippen LogP contribution in [0.3, 0.4) is 0 Å². The maximum atomic E-state index is 13.0. The van der Waals surface area contributed by atoms with Gasteiger partial charge >= 0.3 is 0 Å². The van der Waals surface area contributed by atoms with Gasteiger partial charge in [-0.05, 0) is 68.2 Å². The molecule has 4 aliphatic rings. The molecule has 0 spiro atoms. The molecule has 1 heterocycles. The average molecular weight is 290 g/mol. The summed E-state index contributed by atoms with van der Waals surface area (Å²) in [6.45, 7) is 6.27. The lowest BCUT2D eigenvalue weighted by Crippen LogP contribution is -2.51. The minimum Gasteiger partial charge on any atom is -0.353 e. The number of fused-ring (bicyclic) bond motifs is 5. The minimum absolute atomic E-state index is 0.156. The molecule has 6 atom stereocenters. The molecule has 4 rings (SSSR count). The van der Waals surface area contributed by atoms with E-state index in [1.807, 2.05) is 0 Å². The van der Waals surface area contributed by atoms with Crippen molar-refractivity contribution in [3.63, 3.8) is 0 Å². The first-order chi connectivity index (χ1) is 10.1. The van der Waals surface area contributed by atoms with Crippen molar-refractivity contribution in [2.45, 2.75) is 58.4 Å². The van der Waals surface area contributed by atoms with Gasteiger partial charge in [0.15, 0.2) is 0 Å². The molecular weight excluding hydrogens is 260 g/mol. The van der Waals surface area contributed by atoms with Gasteiger partial charge in [-0.25, -0.2) is 0 Å². The third-order valence-electron chi connectivity index (χ3n) is 7.49. The Hall–Kier alpha value is -0.570. The van der Waals surface area contributed by atoms with Crippen molar-refractivity contribution in [2.24, 2.45) is 35.0 Å². The molecule has 0 radical (unpaired) electrons. The zero-order chi connectivity index (χ0) is 14.6. The average Bonchev–Trinajstić information content (AvgIpc) is 3.20. The molecule has 2 N–H and O–H groups in total. The van der Waals surface area contributed by atoms with Crippen LogP contribution in [0.5, 0.6) is 0 Å². The number of nitrogens with one attached hydrogen (secondary N) is 2. The van der Waals surface area contributed by atoms with E-state index in [1.54, 1.807) is 0 Å². The lowest BCUT2D eigenvalue weighted by Gasteiger charge is -2.37. The van der Waals surface area contributed by atoms with Crippen LogP contribution in [0.25, 0.3) is 0 Å². The summed E-state index contributed by atoms with van der Waals surface area (Å²) in [4.78, 5) is 13.0. The van der Waals surface area contributed by atoms with Gasteiger partial charge in [-0.15, -0.1) is 0 Å². The Kier molecular flexibility index (Phi) is 3.33. The van der Waals surface area contributed by atoms with Gasteiger partial charge in [-0.1, -0.05) is 20.3 Å². The Morgan fingerprint density at radius 2 is 2.00 bits per heavy atom. The summed E-state index contributed by atoms with van der Waals surface area (Å²) in [5.74, 6) is 4.43. The van der Waals surface area contributed by atoms with E-state index in [-0.39, 0.29) is 5.41 Å². The van der Waals surface area contributed by atoms with Gasteiger partial charge in [-0.3, -0.25) is 4.79 Å². The van der Waals surface area contributed by atoms with Crippen molar-refractivity contribution >= 4 is 5.91 Å². The number of carbonyl (C=O) groups excluding carboxylic acids is 1. The van der Waals surface area contributed by atoms with Gasteiger partial charge < -0.3 is 10.6 Å². The van der Waals surface area contributed by atoms with Crippen LogP contribution in [0, 0.1) is 35.0 Å². The highest BCUT2D eigenvalue weighted by Gasteiger charge is 2.55. The summed E-state index contributed by atoms with van der Waals surface area (Å²) in [5, 5.41) is 6.92. The fourth-order valence-electron chi connectivity index (χ4n) is 6.21. The molecule has 4 fully saturated rings. The summed E-state index contributed by atoms with van der Waals surface area (Å²) < 4.78 is 0. The monoisotopic (exact) mass is 290 g/mol. The topological polar surface area (TPSA) is 41.1 Å².